The molecular weight excluding hydrogens is 476 g/mol. The second kappa shape index (κ2) is 9.85. The van der Waals surface area contributed by atoms with E-state index in [2.05, 4.69) is 0 Å². The number of carbonyl (C=O) groups is 2. The molecule has 1 N–H and O–H groups in total. The minimum atomic E-state index is -0.926. The molecule has 2 atom stereocenters. The first-order valence-corrected chi connectivity index (χ1v) is 12.3. The van der Waals surface area contributed by atoms with Crippen molar-refractivity contribution < 1.29 is 19.4 Å². The van der Waals surface area contributed by atoms with Crippen molar-refractivity contribution in [3.63, 3.8) is 0 Å². The van der Waals surface area contributed by atoms with Crippen LogP contribution in [-0.2, 0) is 14.3 Å². The number of aliphatic carboxylic acids is 1. The van der Waals surface area contributed by atoms with Gasteiger partial charge >= 0.3 is 5.97 Å². The van der Waals surface area contributed by atoms with Gasteiger partial charge in [-0.2, -0.15) is 0 Å². The molecule has 2 saturated heterocycles. The maximum Gasteiger partial charge on any atom is 0.303 e. The van der Waals surface area contributed by atoms with Gasteiger partial charge in [-0.15, -0.1) is 0 Å². The first kappa shape index (κ1) is 24.4. The molecule has 2 aliphatic rings. The average Bonchev–Trinajstić information content (AvgIpc) is 3.02. The molecule has 4 rings (SSSR count). The van der Waals surface area contributed by atoms with Crippen LogP contribution in [0.3, 0.4) is 0 Å². The fraction of sp³-hybridized carbons (Fsp3) is 0.435. The number of fused-ring (bicyclic) bond motifs is 1. The van der Waals surface area contributed by atoms with Crippen molar-refractivity contribution in [1.29, 1.82) is 0 Å². The minimum Gasteiger partial charge on any atom is -0.481 e. The van der Waals surface area contributed by atoms with Gasteiger partial charge in [0.15, 0.2) is 0 Å². The van der Waals surface area contributed by atoms with E-state index < -0.39 is 5.97 Å². The van der Waals surface area contributed by atoms with Crippen molar-refractivity contribution in [2.45, 2.75) is 45.8 Å². The Bertz CT molecular complexity index is 1250. The Morgan fingerprint density at radius 3 is 2.71 bits per heavy atom. The van der Waals surface area contributed by atoms with Gasteiger partial charge in [0.2, 0.25) is 0 Å². The number of aryl methyl sites for hydroxylation is 1. The zero-order valence-electron chi connectivity index (χ0n) is 19.2. The van der Waals surface area contributed by atoms with Crippen molar-refractivity contribution in [2.75, 3.05) is 24.5 Å². The summed E-state index contributed by atoms with van der Waals surface area (Å²) >= 11 is 6.47. The number of thioether (sulfide) groups is 1. The second-order valence-corrected chi connectivity index (χ2v) is 10.2. The van der Waals surface area contributed by atoms with Gasteiger partial charge in [0.25, 0.3) is 11.5 Å². The maximum absolute atomic E-state index is 13.6. The van der Waals surface area contributed by atoms with Crippen LogP contribution < -0.4 is 10.5 Å². The number of ether oxygens (including phenoxy) is 1. The van der Waals surface area contributed by atoms with Gasteiger partial charge in [0.05, 0.1) is 22.7 Å². The van der Waals surface area contributed by atoms with E-state index in [1.165, 1.54) is 9.30 Å². The first-order valence-electron chi connectivity index (χ1n) is 11.0. The molecule has 0 aromatic carbocycles. The van der Waals surface area contributed by atoms with E-state index >= 15 is 0 Å². The van der Waals surface area contributed by atoms with Crippen molar-refractivity contribution in [2.24, 2.45) is 0 Å². The van der Waals surface area contributed by atoms with Gasteiger partial charge in [0, 0.05) is 32.3 Å². The number of hydrogen-bond acceptors (Lipinski definition) is 8. The van der Waals surface area contributed by atoms with Crippen LogP contribution in [0.1, 0.15) is 37.8 Å². The van der Waals surface area contributed by atoms with Crippen LogP contribution in [-0.4, -0.2) is 67.4 Å². The monoisotopic (exact) mass is 502 g/mol. The predicted octanol–water partition coefficient (Wildman–Crippen LogP) is 2.68. The summed E-state index contributed by atoms with van der Waals surface area (Å²) in [7, 11) is 0. The van der Waals surface area contributed by atoms with E-state index in [4.69, 9.17) is 27.0 Å². The number of morpholine rings is 1. The molecule has 2 aromatic rings. The Kier molecular flexibility index (Phi) is 7.06. The largest absolute Gasteiger partial charge is 0.481 e. The van der Waals surface area contributed by atoms with E-state index in [-0.39, 0.29) is 36.6 Å². The number of carbonyl (C=O) groups excluding carboxylic acids is 1. The van der Waals surface area contributed by atoms with Gasteiger partial charge in [-0.1, -0.05) is 30.0 Å². The number of nitrogens with zero attached hydrogens (tertiary/aromatic N) is 4. The minimum absolute atomic E-state index is 0.0406. The Morgan fingerprint density at radius 2 is 2.03 bits per heavy atom. The van der Waals surface area contributed by atoms with Crippen LogP contribution in [0, 0.1) is 6.92 Å². The SMILES string of the molecule is Cc1cccn2c(=O)c(C=C3SC(=S)N(CCCC(=O)O)C3=O)c(N3CC(C)OC(C)C3)nc12. The molecule has 34 heavy (non-hydrogen) atoms. The lowest BCUT2D eigenvalue weighted by Gasteiger charge is -2.36. The molecule has 4 heterocycles. The molecule has 11 heteroatoms. The summed E-state index contributed by atoms with van der Waals surface area (Å²) in [5.74, 6) is -0.744. The smallest absolute Gasteiger partial charge is 0.303 e. The van der Waals surface area contributed by atoms with Crippen LogP contribution >= 0.6 is 24.0 Å². The van der Waals surface area contributed by atoms with Gasteiger partial charge in [-0.25, -0.2) is 4.98 Å². The number of aromatic nitrogens is 2. The number of amides is 1. The highest BCUT2D eigenvalue weighted by Gasteiger charge is 2.33. The van der Waals surface area contributed by atoms with Crippen LogP contribution in [0.25, 0.3) is 11.7 Å². The second-order valence-electron chi connectivity index (χ2n) is 8.53. The number of carboxylic acid groups (broad SMARTS) is 1. The average molecular weight is 503 g/mol. The summed E-state index contributed by atoms with van der Waals surface area (Å²) in [6, 6.07) is 3.69. The molecule has 9 nitrogen and oxygen atoms in total. The highest BCUT2D eigenvalue weighted by molar-refractivity contribution is 8.26. The maximum atomic E-state index is 13.6. The summed E-state index contributed by atoms with van der Waals surface area (Å²) in [6.07, 6.45) is 3.40. The quantitative estimate of drug-likeness (QED) is 0.471. The summed E-state index contributed by atoms with van der Waals surface area (Å²) in [6.45, 7) is 7.20. The Morgan fingerprint density at radius 1 is 1.32 bits per heavy atom. The van der Waals surface area contributed by atoms with E-state index in [0.29, 0.717) is 45.8 Å². The lowest BCUT2D eigenvalue weighted by molar-refractivity contribution is -0.137. The number of pyridine rings is 1. The summed E-state index contributed by atoms with van der Waals surface area (Å²) < 4.78 is 7.70. The molecule has 2 fully saturated rings. The number of rotatable bonds is 6. The molecule has 0 spiro atoms. The Labute approximate surface area is 206 Å². The van der Waals surface area contributed by atoms with E-state index in [9.17, 15) is 14.4 Å². The van der Waals surface area contributed by atoms with Gasteiger partial charge in [0.1, 0.15) is 15.8 Å². The number of anilines is 1. The molecule has 0 saturated carbocycles. The molecule has 2 unspecified atom stereocenters. The molecule has 0 bridgehead atoms. The van der Waals surface area contributed by atoms with Crippen molar-refractivity contribution >= 4 is 57.7 Å². The Balaban J connectivity index is 1.78. The zero-order chi connectivity index (χ0) is 24.6. The highest BCUT2D eigenvalue weighted by atomic mass is 32.2. The topological polar surface area (TPSA) is 104 Å². The normalized spacial score (nSPS) is 22.3. The number of thiocarbonyl (C=S) groups is 1. The summed E-state index contributed by atoms with van der Waals surface area (Å²) in [5.41, 5.74) is 1.47. The molecule has 180 valence electrons. The van der Waals surface area contributed by atoms with E-state index in [1.807, 2.05) is 31.7 Å². The molecule has 1 amide bonds. The first-order chi connectivity index (χ1) is 16.2. The standard InChI is InChI=1S/C23H26N4O5S2/c1-13-6-4-8-26-19(13)24-20(25-11-14(2)32-15(3)12-25)16(21(26)30)10-17-22(31)27(23(33)34-17)9-5-7-18(28)29/h4,6,8,10,14-15H,5,7,9,11-12H2,1-3H3,(H,28,29). The molecule has 2 aromatic heterocycles. The number of carboxylic acids is 1. The lowest BCUT2D eigenvalue weighted by atomic mass is 10.1. The highest BCUT2D eigenvalue weighted by Crippen LogP contribution is 2.34. The lowest BCUT2D eigenvalue weighted by Crippen LogP contribution is -2.46. The molecule has 0 radical (unpaired) electrons. The molecule has 2 aliphatic heterocycles. The van der Waals surface area contributed by atoms with Crippen molar-refractivity contribution in [1.82, 2.24) is 14.3 Å². The van der Waals surface area contributed by atoms with Crippen LogP contribution in [0.4, 0.5) is 5.82 Å². The molecular formula is C23H26N4O5S2. The van der Waals surface area contributed by atoms with Crippen LogP contribution in [0.5, 0.6) is 0 Å². The van der Waals surface area contributed by atoms with E-state index in [0.717, 1.165) is 17.3 Å². The van der Waals surface area contributed by atoms with Gasteiger partial charge in [-0.3, -0.25) is 23.7 Å². The number of hydrogen-bond donors (Lipinski definition) is 1. The van der Waals surface area contributed by atoms with Crippen LogP contribution in [0.2, 0.25) is 0 Å². The Hall–Kier alpha value is -2.76. The zero-order valence-corrected chi connectivity index (χ0v) is 20.8. The fourth-order valence-corrected chi connectivity index (χ4v) is 5.52. The fourth-order valence-electron chi connectivity index (χ4n) is 4.23. The van der Waals surface area contributed by atoms with E-state index in [1.54, 1.807) is 18.3 Å². The predicted molar refractivity (Wildman–Crippen MR) is 135 cm³/mol. The van der Waals surface area contributed by atoms with Crippen LogP contribution in [0.15, 0.2) is 28.0 Å². The third-order valence-electron chi connectivity index (χ3n) is 5.70. The van der Waals surface area contributed by atoms with Gasteiger partial charge < -0.3 is 14.7 Å². The van der Waals surface area contributed by atoms with Crippen molar-refractivity contribution in [3.05, 3.63) is 44.7 Å². The third-order valence-corrected chi connectivity index (χ3v) is 7.08. The van der Waals surface area contributed by atoms with Crippen molar-refractivity contribution in [3.8, 4) is 0 Å². The van der Waals surface area contributed by atoms with Gasteiger partial charge in [-0.05, 0) is 44.9 Å². The third kappa shape index (κ3) is 4.86. The summed E-state index contributed by atoms with van der Waals surface area (Å²) in [5, 5.41) is 8.88. The molecule has 0 aliphatic carbocycles. The summed E-state index contributed by atoms with van der Waals surface area (Å²) in [4.78, 5) is 46.1.